The molecule has 1 fully saturated rings. The third kappa shape index (κ3) is 6.09. The van der Waals surface area contributed by atoms with E-state index < -0.39 is 24.1 Å². The number of carbonyl (C=O) groups excluding carboxylic acids is 2. The van der Waals surface area contributed by atoms with Crippen molar-refractivity contribution in [1.29, 1.82) is 0 Å². The number of likely N-dealkylation sites (tertiary alicyclic amines) is 1. The van der Waals surface area contributed by atoms with Crippen molar-refractivity contribution in [2.24, 2.45) is 5.92 Å². The van der Waals surface area contributed by atoms with Crippen molar-refractivity contribution >= 4 is 12.2 Å². The maximum Gasteiger partial charge on any atom is 0.510 e. The summed E-state index contributed by atoms with van der Waals surface area (Å²) in [6, 6.07) is 0. The molecule has 1 N–H and O–H groups in total. The van der Waals surface area contributed by atoms with E-state index in [0.717, 1.165) is 6.42 Å². The van der Waals surface area contributed by atoms with Gasteiger partial charge in [0.1, 0.15) is 5.60 Å². The third-order valence-corrected chi connectivity index (χ3v) is 3.32. The van der Waals surface area contributed by atoms with Crippen LogP contribution < -0.4 is 0 Å². The summed E-state index contributed by atoms with van der Waals surface area (Å²) in [7, 11) is 0. The summed E-state index contributed by atoms with van der Waals surface area (Å²) in [5.74, 6) is 0.197. The minimum atomic E-state index is -0.800. The predicted octanol–water partition coefficient (Wildman–Crippen LogP) is 2.52. The quantitative estimate of drug-likeness (QED) is 0.802. The molecule has 22 heavy (non-hydrogen) atoms. The predicted molar refractivity (Wildman–Crippen MR) is 79.3 cm³/mol. The van der Waals surface area contributed by atoms with Gasteiger partial charge in [0.15, 0.2) is 6.23 Å². The van der Waals surface area contributed by atoms with Gasteiger partial charge in [-0.3, -0.25) is 4.90 Å². The fraction of sp³-hybridized carbons (Fsp3) is 0.867. The summed E-state index contributed by atoms with van der Waals surface area (Å²) in [6.07, 6.45) is -0.208. The SMILES string of the molecule is CCOC(=O)OC1CC(CCO)CCN1C(=O)OC(C)(C)C. The lowest BCUT2D eigenvalue weighted by molar-refractivity contribution is -0.0811. The Bertz CT molecular complexity index is 379. The van der Waals surface area contributed by atoms with E-state index in [4.69, 9.17) is 19.3 Å². The number of rotatable bonds is 4. The summed E-state index contributed by atoms with van der Waals surface area (Å²) < 4.78 is 15.4. The molecule has 0 aliphatic carbocycles. The topological polar surface area (TPSA) is 85.3 Å². The first-order valence-corrected chi connectivity index (χ1v) is 7.70. The normalized spacial score (nSPS) is 22.1. The summed E-state index contributed by atoms with van der Waals surface area (Å²) in [5.41, 5.74) is -0.618. The smallest absolute Gasteiger partial charge is 0.444 e. The van der Waals surface area contributed by atoms with Gasteiger partial charge < -0.3 is 19.3 Å². The Balaban J connectivity index is 2.74. The van der Waals surface area contributed by atoms with E-state index in [1.54, 1.807) is 27.7 Å². The van der Waals surface area contributed by atoms with Crippen LogP contribution in [-0.4, -0.2) is 53.8 Å². The van der Waals surface area contributed by atoms with Crippen LogP contribution in [0.2, 0.25) is 0 Å². The molecule has 0 aromatic heterocycles. The van der Waals surface area contributed by atoms with Gasteiger partial charge in [0.25, 0.3) is 0 Å². The molecule has 1 rings (SSSR count). The molecule has 1 aliphatic heterocycles. The number of piperidine rings is 1. The lowest BCUT2D eigenvalue weighted by Crippen LogP contribution is -2.50. The number of amides is 1. The molecule has 0 spiro atoms. The second-order valence-corrected chi connectivity index (χ2v) is 6.33. The maximum absolute atomic E-state index is 12.3. The molecule has 128 valence electrons. The van der Waals surface area contributed by atoms with Gasteiger partial charge in [0, 0.05) is 19.6 Å². The van der Waals surface area contributed by atoms with E-state index in [1.807, 2.05) is 0 Å². The summed E-state index contributed by atoms with van der Waals surface area (Å²) in [6.45, 7) is 7.73. The first-order chi connectivity index (χ1) is 10.3. The molecule has 2 unspecified atom stereocenters. The van der Waals surface area contributed by atoms with Crippen molar-refractivity contribution in [3.8, 4) is 0 Å². The van der Waals surface area contributed by atoms with Gasteiger partial charge in [-0.15, -0.1) is 0 Å². The van der Waals surface area contributed by atoms with Crippen LogP contribution in [0.3, 0.4) is 0 Å². The number of aliphatic hydroxyl groups is 1. The van der Waals surface area contributed by atoms with Crippen molar-refractivity contribution < 1.29 is 28.9 Å². The zero-order valence-corrected chi connectivity index (χ0v) is 13.8. The molecule has 1 amide bonds. The van der Waals surface area contributed by atoms with E-state index in [9.17, 15) is 9.59 Å². The molecular weight excluding hydrogens is 290 g/mol. The number of aliphatic hydroxyl groups excluding tert-OH is 1. The third-order valence-electron chi connectivity index (χ3n) is 3.32. The van der Waals surface area contributed by atoms with E-state index in [-0.39, 0.29) is 19.1 Å². The van der Waals surface area contributed by atoms with E-state index >= 15 is 0 Å². The largest absolute Gasteiger partial charge is 0.510 e. The zero-order valence-electron chi connectivity index (χ0n) is 13.8. The Morgan fingerprint density at radius 2 is 2.00 bits per heavy atom. The van der Waals surface area contributed by atoms with Gasteiger partial charge in [0.2, 0.25) is 0 Å². The van der Waals surface area contributed by atoms with Gasteiger partial charge in [0.05, 0.1) is 6.61 Å². The van der Waals surface area contributed by atoms with Crippen LogP contribution in [-0.2, 0) is 14.2 Å². The fourth-order valence-electron chi connectivity index (χ4n) is 2.34. The number of nitrogens with zero attached hydrogens (tertiary/aromatic N) is 1. The second kappa shape index (κ2) is 8.22. The van der Waals surface area contributed by atoms with Crippen LogP contribution in [0.25, 0.3) is 0 Å². The van der Waals surface area contributed by atoms with Crippen LogP contribution in [0.4, 0.5) is 9.59 Å². The molecule has 1 aliphatic rings. The molecular formula is C15H27NO6. The van der Waals surface area contributed by atoms with Gasteiger partial charge >= 0.3 is 12.2 Å². The standard InChI is InChI=1S/C15H27NO6/c1-5-20-14(19)21-12-10-11(7-9-17)6-8-16(12)13(18)22-15(2,3)4/h11-12,17H,5-10H2,1-4H3. The number of hydrogen-bond acceptors (Lipinski definition) is 6. The monoisotopic (exact) mass is 317 g/mol. The van der Waals surface area contributed by atoms with Crippen molar-refractivity contribution in [3.63, 3.8) is 0 Å². The Kier molecular flexibility index (Phi) is 6.93. The Morgan fingerprint density at radius 3 is 2.55 bits per heavy atom. The number of hydrogen-bond donors (Lipinski definition) is 1. The summed E-state index contributed by atoms with van der Waals surface area (Å²) in [5, 5.41) is 9.06. The molecule has 2 atom stereocenters. The minimum absolute atomic E-state index is 0.0726. The average Bonchev–Trinajstić information content (AvgIpc) is 2.37. The van der Waals surface area contributed by atoms with Crippen LogP contribution in [0.15, 0.2) is 0 Å². The Morgan fingerprint density at radius 1 is 1.32 bits per heavy atom. The van der Waals surface area contributed by atoms with E-state index in [1.165, 1.54) is 4.90 Å². The van der Waals surface area contributed by atoms with Gasteiger partial charge in [-0.1, -0.05) is 0 Å². The molecule has 7 nitrogen and oxygen atoms in total. The van der Waals surface area contributed by atoms with E-state index in [0.29, 0.717) is 19.4 Å². The molecule has 0 aromatic rings. The van der Waals surface area contributed by atoms with E-state index in [2.05, 4.69) is 0 Å². The fourth-order valence-corrected chi connectivity index (χ4v) is 2.34. The van der Waals surface area contributed by atoms with Crippen LogP contribution in [0.5, 0.6) is 0 Å². The zero-order chi connectivity index (χ0) is 16.8. The Hall–Kier alpha value is -1.50. The number of carbonyl (C=O) groups is 2. The molecule has 1 heterocycles. The highest BCUT2D eigenvalue weighted by atomic mass is 16.7. The highest BCUT2D eigenvalue weighted by Crippen LogP contribution is 2.28. The van der Waals surface area contributed by atoms with Gasteiger partial charge in [-0.25, -0.2) is 9.59 Å². The molecule has 1 saturated heterocycles. The molecule has 0 bridgehead atoms. The van der Waals surface area contributed by atoms with Crippen LogP contribution in [0.1, 0.15) is 47.0 Å². The highest BCUT2D eigenvalue weighted by molar-refractivity contribution is 5.69. The first kappa shape index (κ1) is 18.5. The second-order valence-electron chi connectivity index (χ2n) is 6.33. The lowest BCUT2D eigenvalue weighted by Gasteiger charge is -2.38. The number of ether oxygens (including phenoxy) is 3. The minimum Gasteiger partial charge on any atom is -0.444 e. The van der Waals surface area contributed by atoms with Gasteiger partial charge in [-0.05, 0) is 46.5 Å². The maximum atomic E-state index is 12.3. The van der Waals surface area contributed by atoms with Crippen molar-refractivity contribution in [2.75, 3.05) is 19.8 Å². The molecule has 7 heteroatoms. The molecule has 0 saturated carbocycles. The van der Waals surface area contributed by atoms with Crippen molar-refractivity contribution in [2.45, 2.75) is 58.8 Å². The van der Waals surface area contributed by atoms with Crippen LogP contribution >= 0.6 is 0 Å². The summed E-state index contributed by atoms with van der Waals surface area (Å²) in [4.78, 5) is 25.2. The highest BCUT2D eigenvalue weighted by Gasteiger charge is 2.36. The summed E-state index contributed by atoms with van der Waals surface area (Å²) >= 11 is 0. The first-order valence-electron chi connectivity index (χ1n) is 7.70. The molecule has 0 radical (unpaired) electrons. The van der Waals surface area contributed by atoms with Crippen molar-refractivity contribution in [3.05, 3.63) is 0 Å². The lowest BCUT2D eigenvalue weighted by atomic mass is 9.93. The van der Waals surface area contributed by atoms with Crippen LogP contribution in [0, 0.1) is 5.92 Å². The average molecular weight is 317 g/mol. The van der Waals surface area contributed by atoms with Gasteiger partial charge in [-0.2, -0.15) is 0 Å². The Labute approximate surface area is 131 Å². The van der Waals surface area contributed by atoms with Crippen molar-refractivity contribution in [1.82, 2.24) is 4.90 Å². The molecule has 0 aromatic carbocycles.